The van der Waals surface area contributed by atoms with Crippen molar-refractivity contribution in [2.24, 2.45) is 0 Å². The van der Waals surface area contributed by atoms with Gasteiger partial charge in [-0.05, 0) is 43.3 Å². The minimum absolute atomic E-state index is 0.119. The number of anilines is 1. The minimum atomic E-state index is -0.490. The Kier molecular flexibility index (Phi) is 5.58. The Morgan fingerprint density at radius 2 is 1.83 bits per heavy atom. The Morgan fingerprint density at radius 3 is 2.55 bits per heavy atom. The van der Waals surface area contributed by atoms with Gasteiger partial charge in [0.15, 0.2) is 5.11 Å². The van der Waals surface area contributed by atoms with Gasteiger partial charge in [0.2, 0.25) is 5.91 Å². The molecule has 0 atom stereocenters. The zero-order valence-electron chi connectivity index (χ0n) is 16.6. The van der Waals surface area contributed by atoms with Crippen LogP contribution in [-0.4, -0.2) is 48.3 Å². The van der Waals surface area contributed by atoms with Crippen LogP contribution < -0.4 is 20.3 Å². The largest absolute Gasteiger partial charge is 0.496 e. The number of rotatable bonds is 4. The van der Waals surface area contributed by atoms with Gasteiger partial charge in [0.05, 0.1) is 13.8 Å². The predicted octanol–water partition coefficient (Wildman–Crippen LogP) is 2.50. The van der Waals surface area contributed by atoms with Crippen LogP contribution in [0.1, 0.15) is 18.4 Å². The molecule has 0 unspecified atom stereocenters. The van der Waals surface area contributed by atoms with Crippen LogP contribution in [0.5, 0.6) is 5.75 Å². The number of nitrogens with zero attached hydrogens (tertiary/aromatic N) is 2. The van der Waals surface area contributed by atoms with E-state index in [1.54, 1.807) is 7.11 Å². The van der Waals surface area contributed by atoms with E-state index in [1.165, 1.54) is 0 Å². The van der Waals surface area contributed by atoms with Crippen molar-refractivity contribution in [2.75, 3.05) is 31.8 Å². The summed E-state index contributed by atoms with van der Waals surface area (Å²) in [5.74, 6) is 0.968. The smallest absolute Gasteiger partial charge is 0.247 e. The fourth-order valence-electron chi connectivity index (χ4n) is 4.24. The number of methoxy groups -OCH3 is 1. The molecule has 29 heavy (non-hydrogen) atoms. The molecule has 0 aliphatic carbocycles. The summed E-state index contributed by atoms with van der Waals surface area (Å²) in [5, 5.41) is 7.10. The molecule has 1 spiro atoms. The average Bonchev–Trinajstić information content (AvgIpc) is 3.08. The highest BCUT2D eigenvalue weighted by Crippen LogP contribution is 2.36. The van der Waals surface area contributed by atoms with Gasteiger partial charge in [-0.25, -0.2) is 0 Å². The summed E-state index contributed by atoms with van der Waals surface area (Å²) >= 11 is 5.63. The van der Waals surface area contributed by atoms with Gasteiger partial charge in [-0.3, -0.25) is 4.79 Å². The number of ether oxygens (including phenoxy) is 1. The molecule has 1 amide bonds. The fourth-order valence-corrected chi connectivity index (χ4v) is 4.50. The number of hydrogen-bond acceptors (Lipinski definition) is 4. The van der Waals surface area contributed by atoms with E-state index in [-0.39, 0.29) is 5.91 Å². The van der Waals surface area contributed by atoms with E-state index in [2.05, 4.69) is 32.6 Å². The van der Waals surface area contributed by atoms with Crippen LogP contribution in [0.15, 0.2) is 54.6 Å². The summed E-state index contributed by atoms with van der Waals surface area (Å²) in [6.45, 7) is 2.66. The molecule has 2 aliphatic rings. The molecule has 2 aliphatic heterocycles. The number of thiocarbonyl (C=S) groups is 1. The van der Waals surface area contributed by atoms with Gasteiger partial charge in [-0.1, -0.05) is 36.4 Å². The van der Waals surface area contributed by atoms with E-state index in [0.717, 1.165) is 48.0 Å². The lowest BCUT2D eigenvalue weighted by Gasteiger charge is -2.44. The standard InChI is InChI=1S/C22H26N4O2S/c1-28-19-10-6-5-7-17(19)15-23-21(29)25-13-11-22(12-14-25)20(27)24-16-26(22)18-8-3-2-4-9-18/h2-10H,11-16H2,1H3,(H,23,29)(H,24,27). The topological polar surface area (TPSA) is 56.8 Å². The summed E-state index contributed by atoms with van der Waals surface area (Å²) in [6.07, 6.45) is 1.48. The number of likely N-dealkylation sites (tertiary alicyclic amines) is 1. The number of para-hydroxylation sites is 2. The van der Waals surface area contributed by atoms with Crippen LogP contribution in [0, 0.1) is 0 Å². The zero-order valence-corrected chi connectivity index (χ0v) is 17.4. The second-order valence-electron chi connectivity index (χ2n) is 7.42. The lowest BCUT2D eigenvalue weighted by atomic mass is 9.86. The molecular formula is C22H26N4O2S. The van der Waals surface area contributed by atoms with Crippen LogP contribution in [0.2, 0.25) is 0 Å². The van der Waals surface area contributed by atoms with E-state index in [1.807, 2.05) is 42.5 Å². The second kappa shape index (κ2) is 8.29. The first-order valence-corrected chi connectivity index (χ1v) is 10.3. The molecule has 4 rings (SSSR count). The molecular weight excluding hydrogens is 384 g/mol. The molecule has 7 heteroatoms. The van der Waals surface area contributed by atoms with Gasteiger partial charge < -0.3 is 25.2 Å². The van der Waals surface area contributed by atoms with Crippen LogP contribution in [-0.2, 0) is 11.3 Å². The van der Waals surface area contributed by atoms with Crippen molar-refractivity contribution in [1.29, 1.82) is 0 Å². The van der Waals surface area contributed by atoms with Gasteiger partial charge in [0, 0.05) is 30.9 Å². The number of carbonyl (C=O) groups excluding carboxylic acids is 1. The summed E-state index contributed by atoms with van der Waals surface area (Å²) in [5.41, 5.74) is 1.66. The molecule has 0 bridgehead atoms. The number of hydrogen-bond donors (Lipinski definition) is 2. The Labute approximate surface area is 176 Å². The number of nitrogens with one attached hydrogen (secondary N) is 2. The average molecular weight is 411 g/mol. The maximum Gasteiger partial charge on any atom is 0.247 e. The number of benzene rings is 2. The highest BCUT2D eigenvalue weighted by molar-refractivity contribution is 7.80. The molecule has 2 aromatic rings. The lowest BCUT2D eigenvalue weighted by Crippen LogP contribution is -2.58. The van der Waals surface area contributed by atoms with Gasteiger partial charge in [0.1, 0.15) is 11.3 Å². The van der Waals surface area contributed by atoms with Crippen molar-refractivity contribution in [2.45, 2.75) is 24.9 Å². The lowest BCUT2D eigenvalue weighted by molar-refractivity contribution is -0.124. The van der Waals surface area contributed by atoms with Crippen LogP contribution >= 0.6 is 12.2 Å². The first kappa shape index (κ1) is 19.5. The fraction of sp³-hybridized carbons (Fsp3) is 0.364. The molecule has 0 saturated carbocycles. The van der Waals surface area contributed by atoms with E-state index in [9.17, 15) is 4.79 Å². The molecule has 2 aromatic carbocycles. The third kappa shape index (κ3) is 3.74. The number of amides is 1. The van der Waals surface area contributed by atoms with Crippen molar-refractivity contribution < 1.29 is 9.53 Å². The Balaban J connectivity index is 1.39. The molecule has 152 valence electrons. The molecule has 2 fully saturated rings. The first-order chi connectivity index (χ1) is 14.1. The van der Waals surface area contributed by atoms with Crippen LogP contribution in [0.4, 0.5) is 5.69 Å². The van der Waals surface area contributed by atoms with Crippen molar-refractivity contribution in [1.82, 2.24) is 15.5 Å². The highest BCUT2D eigenvalue weighted by atomic mass is 32.1. The van der Waals surface area contributed by atoms with Crippen molar-refractivity contribution in [3.05, 3.63) is 60.2 Å². The zero-order chi connectivity index (χ0) is 20.3. The van der Waals surface area contributed by atoms with Gasteiger partial charge in [0.25, 0.3) is 0 Å². The van der Waals surface area contributed by atoms with Crippen molar-refractivity contribution in [3.63, 3.8) is 0 Å². The third-order valence-electron chi connectivity index (χ3n) is 5.91. The summed E-state index contributed by atoms with van der Waals surface area (Å²) in [6, 6.07) is 18.1. The summed E-state index contributed by atoms with van der Waals surface area (Å²) in [4.78, 5) is 17.1. The van der Waals surface area contributed by atoms with Crippen LogP contribution in [0.3, 0.4) is 0 Å². The van der Waals surface area contributed by atoms with Gasteiger partial charge in [-0.15, -0.1) is 0 Å². The van der Waals surface area contributed by atoms with E-state index >= 15 is 0 Å². The molecule has 2 heterocycles. The number of carbonyl (C=O) groups is 1. The van der Waals surface area contributed by atoms with Crippen LogP contribution in [0.25, 0.3) is 0 Å². The predicted molar refractivity (Wildman–Crippen MR) is 118 cm³/mol. The van der Waals surface area contributed by atoms with Gasteiger partial charge in [-0.2, -0.15) is 0 Å². The highest BCUT2D eigenvalue weighted by Gasteiger charge is 2.50. The monoisotopic (exact) mass is 410 g/mol. The normalized spacial score (nSPS) is 17.9. The maximum atomic E-state index is 12.8. The van der Waals surface area contributed by atoms with E-state index in [0.29, 0.717) is 13.2 Å². The Bertz CT molecular complexity index is 881. The maximum absolute atomic E-state index is 12.8. The third-order valence-corrected chi connectivity index (χ3v) is 6.31. The SMILES string of the molecule is COc1ccccc1CNC(=S)N1CCC2(CC1)C(=O)NCN2c1ccccc1. The van der Waals surface area contributed by atoms with Crippen molar-refractivity contribution >= 4 is 28.9 Å². The van der Waals surface area contributed by atoms with E-state index in [4.69, 9.17) is 17.0 Å². The Morgan fingerprint density at radius 1 is 1.14 bits per heavy atom. The van der Waals surface area contributed by atoms with Gasteiger partial charge >= 0.3 is 0 Å². The molecule has 0 aromatic heterocycles. The molecule has 0 radical (unpaired) electrons. The molecule has 6 nitrogen and oxygen atoms in total. The second-order valence-corrected chi connectivity index (χ2v) is 7.80. The first-order valence-electron chi connectivity index (χ1n) is 9.90. The minimum Gasteiger partial charge on any atom is -0.496 e. The molecule has 2 saturated heterocycles. The Hall–Kier alpha value is -2.80. The van der Waals surface area contributed by atoms with Crippen molar-refractivity contribution in [3.8, 4) is 5.75 Å². The van der Waals surface area contributed by atoms with E-state index < -0.39 is 5.54 Å². The summed E-state index contributed by atoms with van der Waals surface area (Å²) in [7, 11) is 1.67. The molecule has 2 N–H and O–H groups in total. The summed E-state index contributed by atoms with van der Waals surface area (Å²) < 4.78 is 5.41. The quantitative estimate of drug-likeness (QED) is 0.756. The number of piperidine rings is 1.